The summed E-state index contributed by atoms with van der Waals surface area (Å²) in [5, 5.41) is 5.66. The lowest BCUT2D eigenvalue weighted by Gasteiger charge is -2.35. The van der Waals surface area contributed by atoms with E-state index in [4.69, 9.17) is 4.74 Å². The van der Waals surface area contributed by atoms with Crippen molar-refractivity contribution in [2.24, 2.45) is 5.92 Å². The number of allylic oxidation sites excluding steroid dienone is 3. The molecule has 1 atom stereocenters. The highest BCUT2D eigenvalue weighted by atomic mass is 16.6. The van der Waals surface area contributed by atoms with Crippen molar-refractivity contribution in [2.45, 2.75) is 59.6 Å². The number of hydrogen-bond donors (Lipinski definition) is 2. The highest BCUT2D eigenvalue weighted by Gasteiger charge is 2.30. The Labute approximate surface area is 134 Å². The predicted molar refractivity (Wildman–Crippen MR) is 89.6 cm³/mol. The first-order chi connectivity index (χ1) is 10.00. The van der Waals surface area contributed by atoms with Crippen LogP contribution in [0.1, 0.15) is 48.5 Å². The lowest BCUT2D eigenvalue weighted by molar-refractivity contribution is -0.118. The van der Waals surface area contributed by atoms with Gasteiger partial charge >= 0.3 is 6.09 Å². The van der Waals surface area contributed by atoms with Crippen molar-refractivity contribution in [3.63, 3.8) is 0 Å². The van der Waals surface area contributed by atoms with Gasteiger partial charge in [0.1, 0.15) is 5.60 Å². The lowest BCUT2D eigenvalue weighted by atomic mass is 9.88. The molecule has 0 bridgehead atoms. The molecule has 0 aliphatic rings. The number of carbonyl (C=O) groups excluding carboxylic acids is 2. The number of carbonyl (C=O) groups is 2. The van der Waals surface area contributed by atoms with E-state index < -0.39 is 17.2 Å². The van der Waals surface area contributed by atoms with Gasteiger partial charge in [-0.05, 0) is 40.5 Å². The Morgan fingerprint density at radius 1 is 1.14 bits per heavy atom. The summed E-state index contributed by atoms with van der Waals surface area (Å²) in [4.78, 5) is 23.7. The molecule has 5 heteroatoms. The van der Waals surface area contributed by atoms with Crippen LogP contribution in [0.4, 0.5) is 4.79 Å². The molecule has 0 aliphatic carbocycles. The van der Waals surface area contributed by atoms with Crippen LogP contribution < -0.4 is 10.6 Å². The van der Waals surface area contributed by atoms with Crippen LogP contribution in [0, 0.1) is 5.92 Å². The quantitative estimate of drug-likeness (QED) is 0.585. The van der Waals surface area contributed by atoms with Gasteiger partial charge in [0.15, 0.2) is 0 Å². The molecule has 0 saturated heterocycles. The molecule has 5 nitrogen and oxygen atoms in total. The van der Waals surface area contributed by atoms with E-state index in [1.807, 2.05) is 54.5 Å². The van der Waals surface area contributed by atoms with Crippen LogP contribution in [-0.2, 0) is 9.53 Å². The topological polar surface area (TPSA) is 67.4 Å². The van der Waals surface area contributed by atoms with Gasteiger partial charge in [-0.2, -0.15) is 0 Å². The summed E-state index contributed by atoms with van der Waals surface area (Å²) in [7, 11) is 0. The molecule has 0 saturated carbocycles. The van der Waals surface area contributed by atoms with Gasteiger partial charge in [0.25, 0.3) is 0 Å². The van der Waals surface area contributed by atoms with Crippen LogP contribution in [0.25, 0.3) is 0 Å². The average Bonchev–Trinajstić information content (AvgIpc) is 2.34. The second-order valence-electron chi connectivity index (χ2n) is 6.80. The van der Waals surface area contributed by atoms with Gasteiger partial charge in [-0.15, -0.1) is 0 Å². The first kappa shape index (κ1) is 20.2. The van der Waals surface area contributed by atoms with Crippen molar-refractivity contribution in [1.82, 2.24) is 10.6 Å². The van der Waals surface area contributed by atoms with Gasteiger partial charge < -0.3 is 15.4 Å². The second-order valence-corrected chi connectivity index (χ2v) is 6.80. The number of alkyl carbamates (subject to hydrolysis) is 1. The van der Waals surface area contributed by atoms with Gasteiger partial charge in [-0.25, -0.2) is 4.79 Å². The highest BCUT2D eigenvalue weighted by Crippen LogP contribution is 2.16. The molecule has 0 heterocycles. The van der Waals surface area contributed by atoms with Crippen molar-refractivity contribution < 1.29 is 14.3 Å². The molecule has 0 fully saturated rings. The van der Waals surface area contributed by atoms with Crippen LogP contribution in [0.15, 0.2) is 24.3 Å². The second kappa shape index (κ2) is 8.61. The van der Waals surface area contributed by atoms with Gasteiger partial charge in [0, 0.05) is 12.6 Å². The first-order valence-electron chi connectivity index (χ1n) is 7.58. The highest BCUT2D eigenvalue weighted by molar-refractivity contribution is 5.88. The summed E-state index contributed by atoms with van der Waals surface area (Å²) < 4.78 is 5.21. The lowest BCUT2D eigenvalue weighted by Crippen LogP contribution is -2.56. The van der Waals surface area contributed by atoms with Crippen LogP contribution in [0.5, 0.6) is 0 Å². The molecule has 0 spiro atoms. The van der Waals surface area contributed by atoms with Gasteiger partial charge in [0.05, 0.1) is 5.54 Å². The fraction of sp³-hybridized carbons (Fsp3) is 0.647. The van der Waals surface area contributed by atoms with Gasteiger partial charge in [-0.1, -0.05) is 32.1 Å². The summed E-state index contributed by atoms with van der Waals surface area (Å²) in [5.74, 6) is -0.0539. The van der Waals surface area contributed by atoms with E-state index in [0.29, 0.717) is 6.54 Å². The Morgan fingerprint density at radius 3 is 2.18 bits per heavy atom. The van der Waals surface area contributed by atoms with E-state index in [1.165, 1.54) is 6.08 Å². The Bertz CT molecular complexity index is 434. The monoisotopic (exact) mass is 310 g/mol. The fourth-order valence-corrected chi connectivity index (χ4v) is 1.54. The van der Waals surface area contributed by atoms with Crippen LogP contribution >= 0.6 is 0 Å². The maximum Gasteiger partial charge on any atom is 0.407 e. The molecule has 0 aromatic heterocycles. The third-order valence-corrected chi connectivity index (χ3v) is 3.23. The zero-order valence-electron chi connectivity index (χ0n) is 14.8. The summed E-state index contributed by atoms with van der Waals surface area (Å²) in [6.07, 6.45) is 6.28. The number of hydrogen-bond acceptors (Lipinski definition) is 3. The van der Waals surface area contributed by atoms with E-state index in [0.717, 1.165) is 0 Å². The van der Waals surface area contributed by atoms with Crippen LogP contribution in [0.2, 0.25) is 0 Å². The van der Waals surface area contributed by atoms with E-state index in [2.05, 4.69) is 10.6 Å². The fourth-order valence-electron chi connectivity index (χ4n) is 1.54. The third kappa shape index (κ3) is 8.49. The summed E-state index contributed by atoms with van der Waals surface area (Å²) in [6.45, 7) is 13.5. The summed E-state index contributed by atoms with van der Waals surface area (Å²) in [6, 6.07) is 0. The summed E-state index contributed by atoms with van der Waals surface area (Å²) in [5.41, 5.74) is -1.11. The van der Waals surface area contributed by atoms with Gasteiger partial charge in [0.2, 0.25) is 5.91 Å². The molecular weight excluding hydrogens is 280 g/mol. The standard InChI is InChI=1S/C17H30N2O3/c1-8-9-10-11-14(20)19-17(7,13(2)3)12-18-15(21)22-16(4,5)6/h8-11,13H,12H2,1-7H3,(H,18,21)(H,19,20). The Hall–Kier alpha value is -1.78. The molecule has 0 aromatic carbocycles. The van der Waals surface area contributed by atoms with E-state index in [1.54, 1.807) is 12.2 Å². The molecular formula is C17H30N2O3. The molecule has 0 aromatic rings. The van der Waals surface area contributed by atoms with Crippen molar-refractivity contribution in [2.75, 3.05) is 6.54 Å². The largest absolute Gasteiger partial charge is 0.444 e. The molecule has 0 radical (unpaired) electrons. The molecule has 1 unspecified atom stereocenters. The van der Waals surface area contributed by atoms with Gasteiger partial charge in [-0.3, -0.25) is 4.79 Å². The minimum atomic E-state index is -0.561. The Balaban J connectivity index is 4.69. The predicted octanol–water partition coefficient (Wildman–Crippen LogP) is 3.17. The van der Waals surface area contributed by atoms with Crippen molar-refractivity contribution in [3.8, 4) is 0 Å². The zero-order chi connectivity index (χ0) is 17.4. The van der Waals surface area contributed by atoms with Crippen molar-refractivity contribution in [3.05, 3.63) is 24.3 Å². The van der Waals surface area contributed by atoms with E-state index >= 15 is 0 Å². The number of nitrogens with one attached hydrogen (secondary N) is 2. The van der Waals surface area contributed by atoms with Crippen LogP contribution in [0.3, 0.4) is 0 Å². The minimum absolute atomic E-state index is 0.140. The van der Waals surface area contributed by atoms with Crippen molar-refractivity contribution in [1.29, 1.82) is 0 Å². The number of rotatable bonds is 6. The number of amides is 2. The third-order valence-electron chi connectivity index (χ3n) is 3.23. The maximum absolute atomic E-state index is 11.9. The van der Waals surface area contributed by atoms with Crippen LogP contribution in [-0.4, -0.2) is 29.7 Å². The molecule has 2 N–H and O–H groups in total. The summed E-state index contributed by atoms with van der Waals surface area (Å²) >= 11 is 0. The maximum atomic E-state index is 11.9. The Morgan fingerprint density at radius 2 is 1.73 bits per heavy atom. The minimum Gasteiger partial charge on any atom is -0.444 e. The molecule has 2 amide bonds. The average molecular weight is 310 g/mol. The first-order valence-corrected chi connectivity index (χ1v) is 7.58. The smallest absolute Gasteiger partial charge is 0.407 e. The SMILES string of the molecule is CC=CC=CC(=O)NC(C)(CNC(=O)OC(C)(C)C)C(C)C. The molecule has 22 heavy (non-hydrogen) atoms. The van der Waals surface area contributed by atoms with E-state index in [-0.39, 0.29) is 11.8 Å². The normalized spacial score (nSPS) is 15.1. The molecule has 0 aliphatic heterocycles. The molecule has 0 rings (SSSR count). The zero-order valence-corrected chi connectivity index (χ0v) is 14.8. The number of ether oxygens (including phenoxy) is 1. The van der Waals surface area contributed by atoms with E-state index in [9.17, 15) is 9.59 Å². The van der Waals surface area contributed by atoms with Crippen molar-refractivity contribution >= 4 is 12.0 Å². The Kier molecular flexibility index (Phi) is 7.91. The molecule has 126 valence electrons.